The van der Waals surface area contributed by atoms with Gasteiger partial charge in [-0.3, -0.25) is 0 Å². The van der Waals surface area contributed by atoms with Gasteiger partial charge in [0.1, 0.15) is 0 Å². The van der Waals surface area contributed by atoms with Crippen LogP contribution in [0.4, 0.5) is 0 Å². The summed E-state index contributed by atoms with van der Waals surface area (Å²) in [5.74, 6) is 0. The smallest absolute Gasteiger partial charge is 0.0388 e. The van der Waals surface area contributed by atoms with E-state index in [2.05, 4.69) is 51.6 Å². The summed E-state index contributed by atoms with van der Waals surface area (Å²) < 4.78 is 1.20. The number of thiophene rings is 1. The van der Waals surface area contributed by atoms with Gasteiger partial charge in [-0.15, -0.1) is 11.3 Å². The molecule has 0 radical (unpaired) electrons. The van der Waals surface area contributed by atoms with Gasteiger partial charge in [0.25, 0.3) is 0 Å². The first kappa shape index (κ1) is 12.6. The maximum atomic E-state index is 3.73. The molecule has 90 valence electrons. The van der Waals surface area contributed by atoms with E-state index in [1.54, 1.807) is 0 Å². The lowest BCUT2D eigenvalue weighted by Crippen LogP contribution is -2.41. The van der Waals surface area contributed by atoms with Crippen molar-refractivity contribution >= 4 is 27.3 Å². The monoisotopic (exact) mass is 302 g/mol. The summed E-state index contributed by atoms with van der Waals surface area (Å²) in [4.78, 5) is 3.83. The zero-order valence-corrected chi connectivity index (χ0v) is 12.3. The van der Waals surface area contributed by atoms with Crippen LogP contribution in [0.2, 0.25) is 0 Å². The Bertz CT molecular complexity index is 332. The molecule has 1 N–H and O–H groups in total. The highest BCUT2D eigenvalue weighted by Crippen LogP contribution is 2.26. The van der Waals surface area contributed by atoms with Gasteiger partial charge in [-0.1, -0.05) is 0 Å². The van der Waals surface area contributed by atoms with Crippen molar-refractivity contribution in [2.75, 3.05) is 20.1 Å². The Morgan fingerprint density at radius 3 is 2.75 bits per heavy atom. The molecule has 2 nitrogen and oxygen atoms in total. The number of nitrogens with zero attached hydrogens (tertiary/aromatic N) is 1. The quantitative estimate of drug-likeness (QED) is 0.922. The van der Waals surface area contributed by atoms with E-state index in [9.17, 15) is 0 Å². The SMILES string of the molecule is CC(NC1CCN(C)CC1)c1cc(Br)cs1. The second-order valence-electron chi connectivity index (χ2n) is 4.63. The van der Waals surface area contributed by atoms with Crippen molar-refractivity contribution in [1.29, 1.82) is 0 Å². The molecule has 2 heterocycles. The molecule has 0 bridgehead atoms. The van der Waals surface area contributed by atoms with E-state index in [0.717, 1.165) is 0 Å². The normalized spacial score (nSPS) is 21.2. The molecule has 2 rings (SSSR count). The summed E-state index contributed by atoms with van der Waals surface area (Å²) in [7, 11) is 2.20. The zero-order chi connectivity index (χ0) is 11.5. The van der Waals surface area contributed by atoms with E-state index in [1.807, 2.05) is 11.3 Å². The highest BCUT2D eigenvalue weighted by molar-refractivity contribution is 9.10. The maximum Gasteiger partial charge on any atom is 0.0388 e. The van der Waals surface area contributed by atoms with Crippen molar-refractivity contribution in [3.8, 4) is 0 Å². The van der Waals surface area contributed by atoms with E-state index in [0.29, 0.717) is 12.1 Å². The molecule has 0 spiro atoms. The van der Waals surface area contributed by atoms with Crippen LogP contribution in [0.15, 0.2) is 15.9 Å². The second-order valence-corrected chi connectivity index (χ2v) is 6.49. The summed E-state index contributed by atoms with van der Waals surface area (Å²) in [6.07, 6.45) is 2.54. The highest BCUT2D eigenvalue weighted by Gasteiger charge is 2.19. The molecule has 1 aromatic rings. The van der Waals surface area contributed by atoms with E-state index >= 15 is 0 Å². The Labute approximate surface area is 110 Å². The van der Waals surface area contributed by atoms with Gasteiger partial charge < -0.3 is 10.2 Å². The van der Waals surface area contributed by atoms with Crippen molar-refractivity contribution in [3.63, 3.8) is 0 Å². The predicted octanol–water partition coefficient (Wildman–Crippen LogP) is 3.26. The largest absolute Gasteiger partial charge is 0.307 e. The van der Waals surface area contributed by atoms with Gasteiger partial charge in [0.2, 0.25) is 0 Å². The first-order chi connectivity index (χ1) is 7.65. The van der Waals surface area contributed by atoms with Gasteiger partial charge in [-0.05, 0) is 61.9 Å². The average molecular weight is 303 g/mol. The number of rotatable bonds is 3. The molecule has 1 aliphatic rings. The summed E-state index contributed by atoms with van der Waals surface area (Å²) in [5, 5.41) is 5.89. The van der Waals surface area contributed by atoms with E-state index in [4.69, 9.17) is 0 Å². The van der Waals surface area contributed by atoms with Gasteiger partial charge in [0.15, 0.2) is 0 Å². The minimum absolute atomic E-state index is 0.477. The van der Waals surface area contributed by atoms with Crippen LogP contribution in [-0.2, 0) is 0 Å². The van der Waals surface area contributed by atoms with Gasteiger partial charge in [-0.2, -0.15) is 0 Å². The molecule has 16 heavy (non-hydrogen) atoms. The molecular formula is C12H19BrN2S. The third-order valence-corrected chi connectivity index (χ3v) is 5.10. The Hall–Kier alpha value is 0.1000. The molecule has 1 unspecified atom stereocenters. The highest BCUT2D eigenvalue weighted by atomic mass is 79.9. The molecular weight excluding hydrogens is 284 g/mol. The second kappa shape index (κ2) is 5.63. The summed E-state index contributed by atoms with van der Waals surface area (Å²) in [6.45, 7) is 4.70. The molecule has 0 aromatic carbocycles. The lowest BCUT2D eigenvalue weighted by Gasteiger charge is -2.31. The van der Waals surface area contributed by atoms with E-state index in [-0.39, 0.29) is 0 Å². The first-order valence-electron chi connectivity index (χ1n) is 5.83. The number of hydrogen-bond donors (Lipinski definition) is 1. The summed E-state index contributed by atoms with van der Waals surface area (Å²) in [6, 6.07) is 3.38. The van der Waals surface area contributed by atoms with Crippen LogP contribution in [-0.4, -0.2) is 31.1 Å². The van der Waals surface area contributed by atoms with Crippen LogP contribution in [0.1, 0.15) is 30.7 Å². The molecule has 1 aliphatic heterocycles. The summed E-state index contributed by atoms with van der Waals surface area (Å²) >= 11 is 5.34. The van der Waals surface area contributed by atoms with Crippen LogP contribution in [0.5, 0.6) is 0 Å². The molecule has 4 heteroatoms. The lowest BCUT2D eigenvalue weighted by atomic mass is 10.0. The fourth-order valence-electron chi connectivity index (χ4n) is 2.17. The van der Waals surface area contributed by atoms with Crippen molar-refractivity contribution in [3.05, 3.63) is 20.8 Å². The van der Waals surface area contributed by atoms with Crippen LogP contribution in [0.25, 0.3) is 0 Å². The zero-order valence-electron chi connectivity index (χ0n) is 9.87. The standard InChI is InChI=1S/C12H19BrN2S/c1-9(12-7-10(13)8-16-12)14-11-3-5-15(2)6-4-11/h7-9,11,14H,3-6H2,1-2H3. The third kappa shape index (κ3) is 3.29. The van der Waals surface area contributed by atoms with E-state index in [1.165, 1.54) is 35.3 Å². The number of nitrogens with one attached hydrogen (secondary N) is 1. The van der Waals surface area contributed by atoms with Gasteiger partial charge in [0, 0.05) is 26.8 Å². The van der Waals surface area contributed by atoms with E-state index < -0.39 is 0 Å². The van der Waals surface area contributed by atoms with Crippen molar-refractivity contribution in [2.45, 2.75) is 31.8 Å². The number of hydrogen-bond acceptors (Lipinski definition) is 3. The van der Waals surface area contributed by atoms with Crippen molar-refractivity contribution in [1.82, 2.24) is 10.2 Å². The molecule has 1 saturated heterocycles. The molecule has 0 amide bonds. The average Bonchev–Trinajstić information content (AvgIpc) is 2.68. The minimum atomic E-state index is 0.477. The van der Waals surface area contributed by atoms with Crippen LogP contribution in [0.3, 0.4) is 0 Å². The van der Waals surface area contributed by atoms with Gasteiger partial charge in [0.05, 0.1) is 0 Å². The number of halogens is 1. The minimum Gasteiger partial charge on any atom is -0.307 e. The Balaban J connectivity index is 1.85. The van der Waals surface area contributed by atoms with Crippen LogP contribution >= 0.6 is 27.3 Å². The molecule has 1 aromatic heterocycles. The number of piperidine rings is 1. The Morgan fingerprint density at radius 2 is 2.19 bits per heavy atom. The Kier molecular flexibility index (Phi) is 4.41. The summed E-state index contributed by atoms with van der Waals surface area (Å²) in [5.41, 5.74) is 0. The number of likely N-dealkylation sites (tertiary alicyclic amines) is 1. The predicted molar refractivity (Wildman–Crippen MR) is 74.1 cm³/mol. The van der Waals surface area contributed by atoms with Gasteiger partial charge in [-0.25, -0.2) is 0 Å². The van der Waals surface area contributed by atoms with Crippen LogP contribution in [0, 0.1) is 0 Å². The third-order valence-electron chi connectivity index (χ3n) is 3.22. The van der Waals surface area contributed by atoms with Gasteiger partial charge >= 0.3 is 0 Å². The topological polar surface area (TPSA) is 15.3 Å². The molecule has 0 aliphatic carbocycles. The Morgan fingerprint density at radius 1 is 1.50 bits per heavy atom. The molecule has 1 fully saturated rings. The fourth-order valence-corrected chi connectivity index (χ4v) is 3.63. The first-order valence-corrected chi connectivity index (χ1v) is 7.51. The lowest BCUT2D eigenvalue weighted by molar-refractivity contribution is 0.227. The molecule has 0 saturated carbocycles. The van der Waals surface area contributed by atoms with Crippen molar-refractivity contribution < 1.29 is 0 Å². The van der Waals surface area contributed by atoms with Crippen molar-refractivity contribution in [2.24, 2.45) is 0 Å². The maximum absolute atomic E-state index is 3.73. The molecule has 1 atom stereocenters. The van der Waals surface area contributed by atoms with Crippen LogP contribution < -0.4 is 5.32 Å². The fraction of sp³-hybridized carbons (Fsp3) is 0.667.